The van der Waals surface area contributed by atoms with Crippen LogP contribution >= 0.6 is 0 Å². The number of hydrogen-bond acceptors (Lipinski definition) is 6. The van der Waals surface area contributed by atoms with Gasteiger partial charge in [-0.2, -0.15) is 0 Å². The van der Waals surface area contributed by atoms with E-state index in [1.807, 2.05) is 50.2 Å². The summed E-state index contributed by atoms with van der Waals surface area (Å²) in [6.07, 6.45) is 0.525. The molecule has 0 amide bonds. The first-order valence-corrected chi connectivity index (χ1v) is 9.68. The van der Waals surface area contributed by atoms with Gasteiger partial charge in [-0.15, -0.1) is 0 Å². The summed E-state index contributed by atoms with van der Waals surface area (Å²) in [5, 5.41) is 0. The molecule has 0 aliphatic heterocycles. The maximum atomic E-state index is 11.7. The third kappa shape index (κ3) is 7.14. The molecule has 0 saturated heterocycles. The standard InChI is InChI=1S/C23H28O6/c1-5-26-22(24)14-28-20-11-16(3)7-9-18(20)13-19-10-8-17(4)12-21(19)29-15-23(25)27-6-2/h7-12H,5-6,13-15H2,1-4H3. The Morgan fingerprint density at radius 1 is 0.724 bits per heavy atom. The Labute approximate surface area is 171 Å². The summed E-state index contributed by atoms with van der Waals surface area (Å²) in [4.78, 5) is 23.3. The molecule has 0 bridgehead atoms. The Kier molecular flexibility index (Phi) is 8.52. The van der Waals surface area contributed by atoms with Crippen molar-refractivity contribution in [1.82, 2.24) is 0 Å². The van der Waals surface area contributed by atoms with Gasteiger partial charge in [0.15, 0.2) is 13.2 Å². The molecular weight excluding hydrogens is 372 g/mol. The third-order valence-electron chi connectivity index (χ3n) is 4.13. The first-order valence-electron chi connectivity index (χ1n) is 9.68. The number of carbonyl (C=O) groups excluding carboxylic acids is 2. The van der Waals surface area contributed by atoms with Gasteiger partial charge in [0, 0.05) is 6.42 Å². The predicted molar refractivity (Wildman–Crippen MR) is 109 cm³/mol. The highest BCUT2D eigenvalue weighted by molar-refractivity contribution is 5.71. The summed E-state index contributed by atoms with van der Waals surface area (Å²) in [6, 6.07) is 11.7. The van der Waals surface area contributed by atoms with E-state index in [-0.39, 0.29) is 13.2 Å². The normalized spacial score (nSPS) is 10.3. The van der Waals surface area contributed by atoms with E-state index in [0.29, 0.717) is 31.1 Å². The molecule has 6 heteroatoms. The molecule has 0 N–H and O–H groups in total. The second-order valence-electron chi connectivity index (χ2n) is 6.59. The number of carbonyl (C=O) groups is 2. The fourth-order valence-electron chi connectivity index (χ4n) is 2.77. The van der Waals surface area contributed by atoms with Crippen molar-refractivity contribution in [3.63, 3.8) is 0 Å². The lowest BCUT2D eigenvalue weighted by Gasteiger charge is -2.15. The Bertz CT molecular complexity index is 774. The summed E-state index contributed by atoms with van der Waals surface area (Å²) in [6.45, 7) is 7.76. The minimum Gasteiger partial charge on any atom is -0.482 e. The maximum absolute atomic E-state index is 11.7. The Morgan fingerprint density at radius 2 is 1.14 bits per heavy atom. The van der Waals surface area contributed by atoms with Crippen LogP contribution in [0.3, 0.4) is 0 Å². The van der Waals surface area contributed by atoms with E-state index >= 15 is 0 Å². The third-order valence-corrected chi connectivity index (χ3v) is 4.13. The van der Waals surface area contributed by atoms with Crippen molar-refractivity contribution in [3.8, 4) is 11.5 Å². The summed E-state index contributed by atoms with van der Waals surface area (Å²) in [5.74, 6) is 0.424. The number of benzene rings is 2. The largest absolute Gasteiger partial charge is 0.482 e. The van der Waals surface area contributed by atoms with Gasteiger partial charge in [-0.3, -0.25) is 0 Å². The van der Waals surface area contributed by atoms with Crippen LogP contribution in [0.15, 0.2) is 36.4 Å². The van der Waals surface area contributed by atoms with Gasteiger partial charge in [0.1, 0.15) is 11.5 Å². The van der Waals surface area contributed by atoms with Crippen molar-refractivity contribution in [3.05, 3.63) is 58.7 Å². The van der Waals surface area contributed by atoms with Gasteiger partial charge in [-0.05, 0) is 62.1 Å². The van der Waals surface area contributed by atoms with Gasteiger partial charge in [0.2, 0.25) is 0 Å². The second kappa shape index (κ2) is 11.1. The van der Waals surface area contributed by atoms with Crippen LogP contribution in [0.25, 0.3) is 0 Å². The Hall–Kier alpha value is -3.02. The zero-order valence-corrected chi connectivity index (χ0v) is 17.4. The molecular formula is C23H28O6. The van der Waals surface area contributed by atoms with Gasteiger partial charge in [0.25, 0.3) is 0 Å². The molecule has 0 saturated carbocycles. The average molecular weight is 400 g/mol. The first-order chi connectivity index (χ1) is 13.9. The summed E-state index contributed by atoms with van der Waals surface area (Å²) in [5.41, 5.74) is 3.86. The van der Waals surface area contributed by atoms with E-state index in [2.05, 4.69) is 0 Å². The molecule has 0 fully saturated rings. The Morgan fingerprint density at radius 3 is 1.52 bits per heavy atom. The molecule has 2 aromatic carbocycles. The Balaban J connectivity index is 2.20. The topological polar surface area (TPSA) is 71.1 Å². The zero-order valence-electron chi connectivity index (χ0n) is 17.4. The second-order valence-corrected chi connectivity index (χ2v) is 6.59. The van der Waals surface area contributed by atoms with Crippen molar-refractivity contribution >= 4 is 11.9 Å². The van der Waals surface area contributed by atoms with Crippen LogP contribution in [0.1, 0.15) is 36.1 Å². The number of ether oxygens (including phenoxy) is 4. The molecule has 156 valence electrons. The minimum absolute atomic E-state index is 0.148. The van der Waals surface area contributed by atoms with Gasteiger partial charge < -0.3 is 18.9 Å². The SMILES string of the molecule is CCOC(=O)COc1cc(C)ccc1Cc1ccc(C)cc1OCC(=O)OCC. The highest BCUT2D eigenvalue weighted by Crippen LogP contribution is 2.28. The van der Waals surface area contributed by atoms with E-state index < -0.39 is 11.9 Å². The van der Waals surface area contributed by atoms with Crippen LogP contribution in [0.4, 0.5) is 0 Å². The quantitative estimate of drug-likeness (QED) is 0.565. The van der Waals surface area contributed by atoms with Crippen molar-refractivity contribution < 1.29 is 28.5 Å². The van der Waals surface area contributed by atoms with Crippen LogP contribution in [-0.4, -0.2) is 38.4 Å². The highest BCUT2D eigenvalue weighted by atomic mass is 16.6. The van der Waals surface area contributed by atoms with Gasteiger partial charge in [-0.1, -0.05) is 24.3 Å². The summed E-state index contributed by atoms with van der Waals surface area (Å²) < 4.78 is 21.3. The fourth-order valence-corrected chi connectivity index (χ4v) is 2.77. The fraction of sp³-hybridized carbons (Fsp3) is 0.391. The molecule has 0 atom stereocenters. The number of rotatable bonds is 10. The van der Waals surface area contributed by atoms with Crippen LogP contribution in [0, 0.1) is 13.8 Å². The predicted octanol–water partition coefficient (Wildman–Crippen LogP) is 3.78. The molecule has 0 aromatic heterocycles. The lowest BCUT2D eigenvalue weighted by molar-refractivity contribution is -0.146. The molecule has 2 aromatic rings. The van der Waals surface area contributed by atoms with Crippen molar-refractivity contribution in [2.45, 2.75) is 34.1 Å². The van der Waals surface area contributed by atoms with Crippen molar-refractivity contribution in [2.24, 2.45) is 0 Å². The van der Waals surface area contributed by atoms with E-state index in [1.54, 1.807) is 13.8 Å². The van der Waals surface area contributed by atoms with Gasteiger partial charge in [0.05, 0.1) is 13.2 Å². The molecule has 0 spiro atoms. The highest BCUT2D eigenvalue weighted by Gasteiger charge is 2.13. The zero-order chi connectivity index (χ0) is 21.2. The summed E-state index contributed by atoms with van der Waals surface area (Å²) >= 11 is 0. The number of esters is 2. The molecule has 0 aliphatic carbocycles. The van der Waals surface area contributed by atoms with Crippen LogP contribution < -0.4 is 9.47 Å². The molecule has 6 nitrogen and oxygen atoms in total. The minimum atomic E-state index is -0.409. The molecule has 0 unspecified atom stereocenters. The molecule has 2 rings (SSSR count). The molecule has 0 aliphatic rings. The van der Waals surface area contributed by atoms with E-state index in [4.69, 9.17) is 18.9 Å². The van der Waals surface area contributed by atoms with Crippen molar-refractivity contribution in [2.75, 3.05) is 26.4 Å². The number of aryl methyl sites for hydroxylation is 2. The van der Waals surface area contributed by atoms with Crippen LogP contribution in [-0.2, 0) is 25.5 Å². The van der Waals surface area contributed by atoms with E-state index in [9.17, 15) is 9.59 Å². The molecule has 0 radical (unpaired) electrons. The number of hydrogen-bond donors (Lipinski definition) is 0. The van der Waals surface area contributed by atoms with Crippen molar-refractivity contribution in [1.29, 1.82) is 0 Å². The molecule has 29 heavy (non-hydrogen) atoms. The van der Waals surface area contributed by atoms with E-state index in [1.165, 1.54) is 0 Å². The van der Waals surface area contributed by atoms with Gasteiger partial charge in [-0.25, -0.2) is 9.59 Å². The lowest BCUT2D eigenvalue weighted by atomic mass is 10.0. The van der Waals surface area contributed by atoms with Crippen LogP contribution in [0.2, 0.25) is 0 Å². The van der Waals surface area contributed by atoms with Crippen LogP contribution in [0.5, 0.6) is 11.5 Å². The van der Waals surface area contributed by atoms with E-state index in [0.717, 1.165) is 22.3 Å². The smallest absolute Gasteiger partial charge is 0.344 e. The lowest BCUT2D eigenvalue weighted by Crippen LogP contribution is -2.16. The monoisotopic (exact) mass is 400 g/mol. The summed E-state index contributed by atoms with van der Waals surface area (Å²) in [7, 11) is 0. The van der Waals surface area contributed by atoms with Gasteiger partial charge >= 0.3 is 11.9 Å². The maximum Gasteiger partial charge on any atom is 0.344 e. The average Bonchev–Trinajstić information content (AvgIpc) is 2.68. The first kappa shape index (κ1) is 22.3. The molecule has 0 heterocycles.